The molecular formula is C19H25NO2. The summed E-state index contributed by atoms with van der Waals surface area (Å²) < 4.78 is 5.44. The SMILES string of the molecule is Cc1ccc(/C=C/C(=O)OCC2CCCN2CC2CC2)cc1. The van der Waals surface area contributed by atoms with Crippen LogP contribution < -0.4 is 0 Å². The van der Waals surface area contributed by atoms with E-state index < -0.39 is 0 Å². The Morgan fingerprint density at radius 1 is 1.27 bits per heavy atom. The van der Waals surface area contributed by atoms with E-state index in [1.807, 2.05) is 30.3 Å². The van der Waals surface area contributed by atoms with Gasteiger partial charge in [-0.2, -0.15) is 0 Å². The van der Waals surface area contributed by atoms with Crippen molar-refractivity contribution < 1.29 is 9.53 Å². The van der Waals surface area contributed by atoms with Crippen LogP contribution in [0.5, 0.6) is 0 Å². The summed E-state index contributed by atoms with van der Waals surface area (Å²) in [4.78, 5) is 14.4. The number of esters is 1. The van der Waals surface area contributed by atoms with E-state index in [9.17, 15) is 4.79 Å². The van der Waals surface area contributed by atoms with E-state index in [-0.39, 0.29) is 5.97 Å². The molecule has 1 aromatic carbocycles. The van der Waals surface area contributed by atoms with Gasteiger partial charge < -0.3 is 4.74 Å². The number of benzene rings is 1. The third-order valence-corrected chi connectivity index (χ3v) is 4.60. The summed E-state index contributed by atoms with van der Waals surface area (Å²) in [6, 6.07) is 8.52. The van der Waals surface area contributed by atoms with Crippen LogP contribution in [0.25, 0.3) is 6.08 Å². The molecule has 3 nitrogen and oxygen atoms in total. The van der Waals surface area contributed by atoms with Crippen molar-refractivity contribution in [2.75, 3.05) is 19.7 Å². The molecule has 0 spiro atoms. The summed E-state index contributed by atoms with van der Waals surface area (Å²) in [5.41, 5.74) is 2.25. The molecule has 0 N–H and O–H groups in total. The molecular weight excluding hydrogens is 274 g/mol. The van der Waals surface area contributed by atoms with E-state index in [0.29, 0.717) is 12.6 Å². The predicted molar refractivity (Wildman–Crippen MR) is 88.5 cm³/mol. The second kappa shape index (κ2) is 7.10. The standard InChI is InChI=1S/C19H25NO2/c1-15-4-6-16(7-5-15)10-11-19(21)22-14-18-3-2-12-20(18)13-17-8-9-17/h4-7,10-11,17-18H,2-3,8-9,12-14H2,1H3/b11-10+. The van der Waals surface area contributed by atoms with Gasteiger partial charge in [-0.25, -0.2) is 4.79 Å². The average Bonchev–Trinajstić information content (AvgIpc) is 3.22. The number of nitrogens with zero attached hydrogens (tertiary/aromatic N) is 1. The molecule has 0 radical (unpaired) electrons. The number of likely N-dealkylation sites (tertiary alicyclic amines) is 1. The second-order valence-electron chi connectivity index (χ2n) is 6.61. The van der Waals surface area contributed by atoms with Crippen molar-refractivity contribution in [1.82, 2.24) is 4.90 Å². The predicted octanol–water partition coefficient (Wildman–Crippen LogP) is 3.43. The van der Waals surface area contributed by atoms with Crippen LogP contribution in [0.15, 0.2) is 30.3 Å². The topological polar surface area (TPSA) is 29.5 Å². The first kappa shape index (κ1) is 15.3. The van der Waals surface area contributed by atoms with E-state index in [4.69, 9.17) is 4.74 Å². The van der Waals surface area contributed by atoms with Gasteiger partial charge in [0.05, 0.1) is 0 Å². The van der Waals surface area contributed by atoms with Crippen LogP contribution in [0.3, 0.4) is 0 Å². The molecule has 0 amide bonds. The molecule has 1 aliphatic heterocycles. The van der Waals surface area contributed by atoms with Gasteiger partial charge in [0.15, 0.2) is 0 Å². The largest absolute Gasteiger partial charge is 0.461 e. The highest BCUT2D eigenvalue weighted by Crippen LogP contribution is 2.32. The van der Waals surface area contributed by atoms with Crippen LogP contribution in [0.1, 0.15) is 36.8 Å². The quantitative estimate of drug-likeness (QED) is 0.595. The summed E-state index contributed by atoms with van der Waals surface area (Å²) in [6.07, 6.45) is 8.49. The van der Waals surface area contributed by atoms with Gasteiger partial charge in [0.25, 0.3) is 0 Å². The van der Waals surface area contributed by atoms with E-state index >= 15 is 0 Å². The lowest BCUT2D eigenvalue weighted by Crippen LogP contribution is -2.35. The zero-order valence-corrected chi connectivity index (χ0v) is 13.3. The molecule has 1 atom stereocenters. The van der Waals surface area contributed by atoms with Crippen molar-refractivity contribution in [3.05, 3.63) is 41.5 Å². The Morgan fingerprint density at radius 2 is 2.05 bits per heavy atom. The molecule has 22 heavy (non-hydrogen) atoms. The summed E-state index contributed by atoms with van der Waals surface area (Å²) in [5.74, 6) is 0.664. The smallest absolute Gasteiger partial charge is 0.330 e. The van der Waals surface area contributed by atoms with E-state index in [2.05, 4.69) is 11.8 Å². The Labute approximate surface area is 133 Å². The van der Waals surface area contributed by atoms with Gasteiger partial charge in [0.1, 0.15) is 6.61 Å². The number of carbonyl (C=O) groups is 1. The summed E-state index contributed by atoms with van der Waals surface area (Å²) in [6.45, 7) is 4.94. The zero-order valence-electron chi connectivity index (χ0n) is 13.3. The fraction of sp³-hybridized carbons (Fsp3) is 0.526. The van der Waals surface area contributed by atoms with Crippen LogP contribution in [0.2, 0.25) is 0 Å². The third-order valence-electron chi connectivity index (χ3n) is 4.60. The van der Waals surface area contributed by atoms with E-state index in [1.165, 1.54) is 37.4 Å². The van der Waals surface area contributed by atoms with Crippen molar-refractivity contribution in [2.45, 2.75) is 38.6 Å². The van der Waals surface area contributed by atoms with Gasteiger partial charge in [0.2, 0.25) is 0 Å². The Balaban J connectivity index is 1.44. The van der Waals surface area contributed by atoms with Gasteiger partial charge in [0, 0.05) is 18.7 Å². The number of rotatable bonds is 6. The molecule has 3 heteroatoms. The Morgan fingerprint density at radius 3 is 2.77 bits per heavy atom. The minimum absolute atomic E-state index is 0.237. The first-order chi connectivity index (χ1) is 10.7. The zero-order chi connectivity index (χ0) is 15.4. The highest BCUT2D eigenvalue weighted by atomic mass is 16.5. The van der Waals surface area contributed by atoms with Gasteiger partial charge in [-0.15, -0.1) is 0 Å². The number of aryl methyl sites for hydroxylation is 1. The van der Waals surface area contributed by atoms with Crippen molar-refractivity contribution in [3.63, 3.8) is 0 Å². The van der Waals surface area contributed by atoms with Crippen LogP contribution in [0, 0.1) is 12.8 Å². The first-order valence-electron chi connectivity index (χ1n) is 8.36. The summed E-state index contributed by atoms with van der Waals surface area (Å²) in [7, 11) is 0. The molecule has 1 saturated heterocycles. The van der Waals surface area contributed by atoms with Crippen molar-refractivity contribution >= 4 is 12.0 Å². The minimum atomic E-state index is -0.237. The van der Waals surface area contributed by atoms with E-state index in [1.54, 1.807) is 0 Å². The lowest BCUT2D eigenvalue weighted by Gasteiger charge is -2.23. The van der Waals surface area contributed by atoms with Crippen molar-refractivity contribution in [3.8, 4) is 0 Å². The Hall–Kier alpha value is -1.61. The summed E-state index contributed by atoms with van der Waals surface area (Å²) >= 11 is 0. The van der Waals surface area contributed by atoms with Gasteiger partial charge in [-0.05, 0) is 56.7 Å². The molecule has 2 aliphatic rings. The molecule has 1 aromatic rings. The first-order valence-corrected chi connectivity index (χ1v) is 8.36. The maximum Gasteiger partial charge on any atom is 0.330 e. The maximum atomic E-state index is 11.9. The molecule has 118 valence electrons. The van der Waals surface area contributed by atoms with Crippen LogP contribution >= 0.6 is 0 Å². The van der Waals surface area contributed by atoms with Gasteiger partial charge in [-0.3, -0.25) is 4.90 Å². The van der Waals surface area contributed by atoms with Crippen LogP contribution in [-0.4, -0.2) is 36.6 Å². The number of hydrogen-bond acceptors (Lipinski definition) is 3. The Kier molecular flexibility index (Phi) is 4.94. The third kappa shape index (κ3) is 4.44. The number of carbonyl (C=O) groups excluding carboxylic acids is 1. The highest BCUT2D eigenvalue weighted by Gasteiger charge is 2.31. The number of ether oxygens (including phenoxy) is 1. The van der Waals surface area contributed by atoms with Gasteiger partial charge >= 0.3 is 5.97 Å². The average molecular weight is 299 g/mol. The summed E-state index contributed by atoms with van der Waals surface area (Å²) in [5, 5.41) is 0. The lowest BCUT2D eigenvalue weighted by molar-refractivity contribution is -0.139. The van der Waals surface area contributed by atoms with Gasteiger partial charge in [-0.1, -0.05) is 29.8 Å². The molecule has 2 fully saturated rings. The van der Waals surface area contributed by atoms with Crippen LogP contribution in [0.4, 0.5) is 0 Å². The van der Waals surface area contributed by atoms with Crippen molar-refractivity contribution in [1.29, 1.82) is 0 Å². The fourth-order valence-corrected chi connectivity index (χ4v) is 3.02. The molecule has 1 unspecified atom stereocenters. The second-order valence-corrected chi connectivity index (χ2v) is 6.61. The van der Waals surface area contributed by atoms with Crippen molar-refractivity contribution in [2.24, 2.45) is 5.92 Å². The molecule has 1 heterocycles. The minimum Gasteiger partial charge on any atom is -0.461 e. The molecule has 1 saturated carbocycles. The molecule has 0 aromatic heterocycles. The highest BCUT2D eigenvalue weighted by molar-refractivity contribution is 5.87. The molecule has 3 rings (SSSR count). The number of hydrogen-bond donors (Lipinski definition) is 0. The fourth-order valence-electron chi connectivity index (χ4n) is 3.02. The molecule has 0 bridgehead atoms. The molecule has 1 aliphatic carbocycles. The maximum absolute atomic E-state index is 11.9. The Bertz CT molecular complexity index is 531. The lowest BCUT2D eigenvalue weighted by atomic mass is 10.1. The van der Waals surface area contributed by atoms with Crippen LogP contribution in [-0.2, 0) is 9.53 Å². The normalized spacial score (nSPS) is 22.3. The monoisotopic (exact) mass is 299 g/mol. The van der Waals surface area contributed by atoms with E-state index in [0.717, 1.165) is 24.4 Å².